The topological polar surface area (TPSA) is 56.5 Å². The third-order valence-electron chi connectivity index (χ3n) is 3.90. The van der Waals surface area contributed by atoms with E-state index in [0.717, 1.165) is 37.2 Å². The van der Waals surface area contributed by atoms with Gasteiger partial charge in [0.05, 0.1) is 24.8 Å². The van der Waals surface area contributed by atoms with Crippen LogP contribution in [0.1, 0.15) is 37.3 Å². The first-order valence-electron chi connectivity index (χ1n) is 7.13. The Hall–Kier alpha value is -1.57. The van der Waals surface area contributed by atoms with Gasteiger partial charge in [0.1, 0.15) is 5.75 Å². The molecule has 0 radical (unpaired) electrons. The van der Waals surface area contributed by atoms with Crippen molar-refractivity contribution < 1.29 is 9.84 Å². The summed E-state index contributed by atoms with van der Waals surface area (Å²) in [4.78, 5) is 2.40. The summed E-state index contributed by atoms with van der Waals surface area (Å²) >= 11 is 0. The summed E-state index contributed by atoms with van der Waals surface area (Å²) in [5.74, 6) is 0.770. The third-order valence-corrected chi connectivity index (χ3v) is 3.90. The van der Waals surface area contributed by atoms with Crippen molar-refractivity contribution in [2.75, 3.05) is 13.7 Å². The van der Waals surface area contributed by atoms with Crippen LogP contribution in [0.2, 0.25) is 0 Å². The maximum Gasteiger partial charge on any atom is 0.124 e. The number of aliphatic hydroxyl groups is 1. The summed E-state index contributed by atoms with van der Waals surface area (Å²) in [6, 6.07) is 8.16. The molecule has 2 unspecified atom stereocenters. The minimum atomic E-state index is -0.261. The lowest BCUT2D eigenvalue weighted by Gasteiger charge is -2.26. The van der Waals surface area contributed by atoms with E-state index < -0.39 is 0 Å². The van der Waals surface area contributed by atoms with Gasteiger partial charge in [-0.15, -0.1) is 0 Å². The van der Waals surface area contributed by atoms with Crippen LogP contribution in [-0.4, -0.2) is 35.8 Å². The van der Waals surface area contributed by atoms with Crippen LogP contribution in [0.25, 0.3) is 0 Å². The lowest BCUT2D eigenvalue weighted by Crippen LogP contribution is -2.31. The smallest absolute Gasteiger partial charge is 0.124 e. The van der Waals surface area contributed by atoms with Crippen LogP contribution in [0.15, 0.2) is 18.2 Å². The molecule has 1 aliphatic heterocycles. The molecule has 1 heterocycles. The van der Waals surface area contributed by atoms with Gasteiger partial charge in [0.2, 0.25) is 0 Å². The summed E-state index contributed by atoms with van der Waals surface area (Å²) in [6.07, 6.45) is 2.88. The van der Waals surface area contributed by atoms with Gasteiger partial charge in [0.15, 0.2) is 0 Å². The highest BCUT2D eigenvalue weighted by atomic mass is 16.5. The molecular weight excluding hydrogens is 252 g/mol. The van der Waals surface area contributed by atoms with Crippen LogP contribution in [0.3, 0.4) is 0 Å². The molecule has 1 fully saturated rings. The van der Waals surface area contributed by atoms with Gasteiger partial charge in [-0.05, 0) is 44.9 Å². The number of rotatable bonds is 5. The van der Waals surface area contributed by atoms with Crippen molar-refractivity contribution in [3.05, 3.63) is 29.3 Å². The zero-order valence-electron chi connectivity index (χ0n) is 12.2. The van der Waals surface area contributed by atoms with E-state index >= 15 is 0 Å². The number of ether oxygens (including phenoxy) is 1. The fourth-order valence-corrected chi connectivity index (χ4v) is 2.93. The largest absolute Gasteiger partial charge is 0.496 e. The van der Waals surface area contributed by atoms with Gasteiger partial charge in [0.25, 0.3) is 0 Å². The van der Waals surface area contributed by atoms with Gasteiger partial charge >= 0.3 is 0 Å². The predicted molar refractivity (Wildman–Crippen MR) is 77.4 cm³/mol. The van der Waals surface area contributed by atoms with E-state index in [1.807, 2.05) is 19.1 Å². The quantitative estimate of drug-likeness (QED) is 0.895. The highest BCUT2D eigenvalue weighted by Crippen LogP contribution is 2.27. The normalized spacial score (nSPS) is 20.6. The molecular formula is C16H22N2O2. The average molecular weight is 274 g/mol. The van der Waals surface area contributed by atoms with E-state index in [9.17, 15) is 5.11 Å². The monoisotopic (exact) mass is 274 g/mol. The Bertz CT molecular complexity index is 494. The SMILES string of the molecule is COc1cc(C#N)ccc1CN1CCCC1CC(C)O. The van der Waals surface area contributed by atoms with E-state index in [4.69, 9.17) is 10.00 Å². The van der Waals surface area contributed by atoms with Crippen molar-refractivity contribution in [2.45, 2.75) is 44.9 Å². The Kier molecular flexibility index (Phi) is 4.99. The van der Waals surface area contributed by atoms with Gasteiger partial charge in [-0.25, -0.2) is 0 Å². The van der Waals surface area contributed by atoms with Crippen molar-refractivity contribution >= 4 is 0 Å². The van der Waals surface area contributed by atoms with Gasteiger partial charge in [-0.2, -0.15) is 5.26 Å². The third kappa shape index (κ3) is 3.50. The number of nitrogens with zero attached hydrogens (tertiary/aromatic N) is 2. The molecule has 1 aromatic rings. The van der Waals surface area contributed by atoms with E-state index in [2.05, 4.69) is 11.0 Å². The number of likely N-dealkylation sites (tertiary alicyclic amines) is 1. The Morgan fingerprint density at radius 1 is 1.55 bits per heavy atom. The van der Waals surface area contributed by atoms with Crippen LogP contribution in [0.4, 0.5) is 0 Å². The number of nitriles is 1. The zero-order valence-corrected chi connectivity index (χ0v) is 12.2. The highest BCUT2D eigenvalue weighted by Gasteiger charge is 2.26. The molecule has 2 atom stereocenters. The first-order chi connectivity index (χ1) is 9.63. The van der Waals surface area contributed by atoms with Crippen molar-refractivity contribution in [3.8, 4) is 11.8 Å². The lowest BCUT2D eigenvalue weighted by atomic mass is 10.1. The van der Waals surface area contributed by atoms with Gasteiger partial charge in [0, 0.05) is 18.2 Å². The number of hydrogen-bond acceptors (Lipinski definition) is 4. The zero-order chi connectivity index (χ0) is 14.5. The maximum absolute atomic E-state index is 9.58. The van der Waals surface area contributed by atoms with Crippen molar-refractivity contribution in [1.29, 1.82) is 5.26 Å². The first-order valence-corrected chi connectivity index (χ1v) is 7.13. The number of aliphatic hydroxyl groups excluding tert-OH is 1. The second-order valence-electron chi connectivity index (χ2n) is 5.49. The van der Waals surface area contributed by atoms with Crippen LogP contribution in [0, 0.1) is 11.3 Å². The molecule has 1 aliphatic rings. The van der Waals surface area contributed by atoms with Gasteiger partial charge in [-0.1, -0.05) is 6.07 Å². The van der Waals surface area contributed by atoms with Crippen LogP contribution in [-0.2, 0) is 6.54 Å². The predicted octanol–water partition coefficient (Wildman–Crippen LogP) is 2.30. The summed E-state index contributed by atoms with van der Waals surface area (Å²) in [7, 11) is 1.64. The second-order valence-corrected chi connectivity index (χ2v) is 5.49. The van der Waals surface area contributed by atoms with Crippen molar-refractivity contribution in [2.24, 2.45) is 0 Å². The molecule has 2 rings (SSSR count). The minimum absolute atomic E-state index is 0.261. The van der Waals surface area contributed by atoms with Crippen LogP contribution >= 0.6 is 0 Å². The Balaban J connectivity index is 2.11. The lowest BCUT2D eigenvalue weighted by molar-refractivity contribution is 0.130. The van der Waals surface area contributed by atoms with Gasteiger partial charge < -0.3 is 9.84 Å². The summed E-state index contributed by atoms with van der Waals surface area (Å²) < 4.78 is 5.39. The summed E-state index contributed by atoms with van der Waals surface area (Å²) in [5, 5.41) is 18.5. The molecule has 0 amide bonds. The molecule has 4 nitrogen and oxygen atoms in total. The van der Waals surface area contributed by atoms with E-state index in [1.165, 1.54) is 6.42 Å². The number of hydrogen-bond donors (Lipinski definition) is 1. The Morgan fingerprint density at radius 3 is 3.00 bits per heavy atom. The first kappa shape index (κ1) is 14.8. The van der Waals surface area contributed by atoms with Crippen molar-refractivity contribution in [3.63, 3.8) is 0 Å². The molecule has 0 bridgehead atoms. The Morgan fingerprint density at radius 2 is 2.35 bits per heavy atom. The number of benzene rings is 1. The molecule has 108 valence electrons. The molecule has 1 N–H and O–H groups in total. The highest BCUT2D eigenvalue weighted by molar-refractivity contribution is 5.42. The summed E-state index contributed by atoms with van der Waals surface area (Å²) in [6.45, 7) is 3.71. The summed E-state index contributed by atoms with van der Waals surface area (Å²) in [5.41, 5.74) is 1.72. The molecule has 20 heavy (non-hydrogen) atoms. The van der Waals surface area contributed by atoms with Crippen LogP contribution < -0.4 is 4.74 Å². The molecule has 1 saturated heterocycles. The maximum atomic E-state index is 9.58. The fourth-order valence-electron chi connectivity index (χ4n) is 2.93. The van der Waals surface area contributed by atoms with E-state index in [-0.39, 0.29) is 6.10 Å². The van der Waals surface area contributed by atoms with Gasteiger partial charge in [-0.3, -0.25) is 4.90 Å². The molecule has 4 heteroatoms. The molecule has 0 spiro atoms. The fraction of sp³-hybridized carbons (Fsp3) is 0.562. The number of methoxy groups -OCH3 is 1. The average Bonchev–Trinajstić information content (AvgIpc) is 2.85. The second kappa shape index (κ2) is 6.74. The van der Waals surface area contributed by atoms with Crippen LogP contribution in [0.5, 0.6) is 5.75 Å². The minimum Gasteiger partial charge on any atom is -0.496 e. The standard InChI is InChI=1S/C16H22N2O2/c1-12(19)8-15-4-3-7-18(15)11-14-6-5-13(10-17)9-16(14)20-2/h5-6,9,12,15,19H,3-4,7-8,11H2,1-2H3. The Labute approximate surface area is 120 Å². The van der Waals surface area contributed by atoms with E-state index in [0.29, 0.717) is 11.6 Å². The van der Waals surface area contributed by atoms with E-state index in [1.54, 1.807) is 13.2 Å². The van der Waals surface area contributed by atoms with Crippen molar-refractivity contribution in [1.82, 2.24) is 4.90 Å². The molecule has 0 saturated carbocycles. The molecule has 0 aliphatic carbocycles. The molecule has 1 aromatic carbocycles. The molecule has 0 aromatic heterocycles.